The van der Waals surface area contributed by atoms with E-state index in [1.165, 1.54) is 5.56 Å². The van der Waals surface area contributed by atoms with Gasteiger partial charge < -0.3 is 25.4 Å². The second-order valence-corrected chi connectivity index (χ2v) is 7.34. The molecule has 1 atom stereocenters. The number of hydrogen-bond donors (Lipinski definition) is 3. The SMILES string of the molecule is COc1ccc([C@@H]2NC(=S)NC(C)=C2C(=O)Nc2ccc(C)c(C)c2)c(OC)c1. The van der Waals surface area contributed by atoms with Gasteiger partial charge in [-0.3, -0.25) is 4.79 Å². The van der Waals surface area contributed by atoms with Gasteiger partial charge in [0.05, 0.1) is 25.8 Å². The van der Waals surface area contributed by atoms with E-state index in [0.29, 0.717) is 27.9 Å². The monoisotopic (exact) mass is 411 g/mol. The highest BCUT2D eigenvalue weighted by atomic mass is 32.1. The summed E-state index contributed by atoms with van der Waals surface area (Å²) in [6.07, 6.45) is 0. The van der Waals surface area contributed by atoms with Gasteiger partial charge in [-0.05, 0) is 68.4 Å². The van der Waals surface area contributed by atoms with Gasteiger partial charge >= 0.3 is 0 Å². The number of methoxy groups -OCH3 is 2. The molecule has 3 N–H and O–H groups in total. The van der Waals surface area contributed by atoms with Gasteiger partial charge in [0.1, 0.15) is 11.5 Å². The average Bonchev–Trinajstić information content (AvgIpc) is 2.69. The minimum absolute atomic E-state index is 0.212. The molecule has 6 nitrogen and oxygen atoms in total. The minimum atomic E-state index is -0.462. The predicted molar refractivity (Wildman–Crippen MR) is 118 cm³/mol. The zero-order valence-electron chi connectivity index (χ0n) is 17.2. The predicted octanol–water partition coefficient (Wildman–Crippen LogP) is 3.75. The van der Waals surface area contributed by atoms with Gasteiger partial charge in [0.25, 0.3) is 5.91 Å². The largest absolute Gasteiger partial charge is 0.497 e. The van der Waals surface area contributed by atoms with Crippen LogP contribution in [0.3, 0.4) is 0 Å². The Bertz CT molecular complexity index is 1000. The van der Waals surface area contributed by atoms with E-state index in [4.69, 9.17) is 21.7 Å². The zero-order chi connectivity index (χ0) is 21.1. The van der Waals surface area contributed by atoms with E-state index in [1.54, 1.807) is 20.3 Å². The highest BCUT2D eigenvalue weighted by Crippen LogP contribution is 2.35. The maximum Gasteiger partial charge on any atom is 0.255 e. The summed E-state index contributed by atoms with van der Waals surface area (Å²) < 4.78 is 10.8. The van der Waals surface area contributed by atoms with Crippen molar-refractivity contribution < 1.29 is 14.3 Å². The molecule has 7 heteroatoms. The summed E-state index contributed by atoms with van der Waals surface area (Å²) in [6, 6.07) is 10.9. The van der Waals surface area contributed by atoms with Crippen LogP contribution in [-0.2, 0) is 4.79 Å². The van der Waals surface area contributed by atoms with Crippen molar-refractivity contribution in [2.75, 3.05) is 19.5 Å². The fourth-order valence-electron chi connectivity index (χ4n) is 3.30. The van der Waals surface area contributed by atoms with Crippen molar-refractivity contribution in [1.29, 1.82) is 0 Å². The van der Waals surface area contributed by atoms with Crippen molar-refractivity contribution in [3.63, 3.8) is 0 Å². The van der Waals surface area contributed by atoms with E-state index >= 15 is 0 Å². The standard InChI is InChI=1S/C22H25N3O3S/c1-12-6-7-15(10-13(12)2)24-21(26)19-14(3)23-22(29)25-20(19)17-9-8-16(27-4)11-18(17)28-5/h6-11,20H,1-5H3,(H,24,26)(H2,23,25,29)/t20-/m0/s1. The summed E-state index contributed by atoms with van der Waals surface area (Å²) in [5.41, 5.74) is 5.06. The lowest BCUT2D eigenvalue weighted by molar-refractivity contribution is -0.113. The van der Waals surface area contributed by atoms with Crippen molar-refractivity contribution >= 4 is 28.9 Å². The highest BCUT2D eigenvalue weighted by molar-refractivity contribution is 7.80. The molecule has 2 aromatic carbocycles. The van der Waals surface area contributed by atoms with Gasteiger partial charge in [-0.2, -0.15) is 0 Å². The number of ether oxygens (including phenoxy) is 2. The van der Waals surface area contributed by atoms with Crippen LogP contribution >= 0.6 is 12.2 Å². The van der Waals surface area contributed by atoms with Gasteiger partial charge in [0, 0.05) is 23.0 Å². The lowest BCUT2D eigenvalue weighted by Gasteiger charge is -2.31. The molecule has 152 valence electrons. The van der Waals surface area contributed by atoms with Crippen molar-refractivity contribution in [3.8, 4) is 11.5 Å². The van der Waals surface area contributed by atoms with Crippen LogP contribution in [0.25, 0.3) is 0 Å². The average molecular weight is 412 g/mol. The van der Waals surface area contributed by atoms with Gasteiger partial charge in [0.15, 0.2) is 5.11 Å². The molecule has 0 saturated heterocycles. The van der Waals surface area contributed by atoms with Gasteiger partial charge in [-0.15, -0.1) is 0 Å². The maximum absolute atomic E-state index is 13.2. The van der Waals surface area contributed by atoms with E-state index < -0.39 is 6.04 Å². The molecule has 0 fully saturated rings. The zero-order valence-corrected chi connectivity index (χ0v) is 18.0. The molecular formula is C22H25N3O3S. The van der Waals surface area contributed by atoms with Crippen molar-refractivity contribution in [2.45, 2.75) is 26.8 Å². The third-order valence-corrected chi connectivity index (χ3v) is 5.25. The van der Waals surface area contributed by atoms with E-state index in [1.807, 2.05) is 51.1 Å². The van der Waals surface area contributed by atoms with Crippen LogP contribution in [0.1, 0.15) is 29.7 Å². The minimum Gasteiger partial charge on any atom is -0.497 e. The first-order valence-electron chi connectivity index (χ1n) is 9.23. The second kappa shape index (κ2) is 8.53. The molecule has 0 radical (unpaired) electrons. The van der Waals surface area contributed by atoms with Gasteiger partial charge in [-0.25, -0.2) is 0 Å². The molecule has 1 aliphatic rings. The Morgan fingerprint density at radius 2 is 1.79 bits per heavy atom. The number of carbonyl (C=O) groups excluding carboxylic acids is 1. The van der Waals surface area contributed by atoms with E-state index in [0.717, 1.165) is 16.8 Å². The lowest BCUT2D eigenvalue weighted by atomic mass is 9.94. The fourth-order valence-corrected chi connectivity index (χ4v) is 3.57. The van der Waals surface area contributed by atoms with E-state index in [2.05, 4.69) is 16.0 Å². The fraction of sp³-hybridized carbons (Fsp3) is 0.273. The van der Waals surface area contributed by atoms with E-state index in [-0.39, 0.29) is 5.91 Å². The molecule has 1 heterocycles. The molecule has 0 spiro atoms. The van der Waals surface area contributed by atoms with Crippen LogP contribution in [-0.4, -0.2) is 25.2 Å². The number of anilines is 1. The normalized spacial score (nSPS) is 16.0. The molecule has 0 unspecified atom stereocenters. The number of hydrogen-bond acceptors (Lipinski definition) is 4. The second-order valence-electron chi connectivity index (χ2n) is 6.93. The number of nitrogens with one attached hydrogen (secondary N) is 3. The summed E-state index contributed by atoms with van der Waals surface area (Å²) in [4.78, 5) is 13.2. The topological polar surface area (TPSA) is 71.6 Å². The molecular weight excluding hydrogens is 386 g/mol. The van der Waals surface area contributed by atoms with Crippen molar-refractivity contribution in [2.24, 2.45) is 0 Å². The molecule has 0 aliphatic carbocycles. The molecule has 1 amide bonds. The number of carbonyl (C=O) groups is 1. The first kappa shape index (κ1) is 20.7. The summed E-state index contributed by atoms with van der Waals surface area (Å²) in [5.74, 6) is 1.07. The molecule has 3 rings (SSSR count). The lowest BCUT2D eigenvalue weighted by Crippen LogP contribution is -2.45. The maximum atomic E-state index is 13.2. The first-order chi connectivity index (χ1) is 13.8. The smallest absolute Gasteiger partial charge is 0.255 e. The summed E-state index contributed by atoms with van der Waals surface area (Å²) in [6.45, 7) is 5.89. The van der Waals surface area contributed by atoms with Crippen molar-refractivity contribution in [1.82, 2.24) is 10.6 Å². The van der Waals surface area contributed by atoms with Crippen LogP contribution in [0, 0.1) is 13.8 Å². The third-order valence-electron chi connectivity index (χ3n) is 5.03. The molecule has 0 saturated carbocycles. The van der Waals surface area contributed by atoms with Crippen LogP contribution in [0.4, 0.5) is 5.69 Å². The number of aryl methyl sites for hydroxylation is 2. The first-order valence-corrected chi connectivity index (χ1v) is 9.63. The number of amides is 1. The quantitative estimate of drug-likeness (QED) is 0.651. The Morgan fingerprint density at radius 1 is 1.03 bits per heavy atom. The molecule has 1 aliphatic heterocycles. The van der Waals surface area contributed by atoms with Gasteiger partial charge in [0.2, 0.25) is 0 Å². The number of allylic oxidation sites excluding steroid dienone is 1. The number of thiocarbonyl (C=S) groups is 1. The van der Waals surface area contributed by atoms with Crippen LogP contribution in [0.5, 0.6) is 11.5 Å². The molecule has 2 aromatic rings. The Morgan fingerprint density at radius 3 is 2.45 bits per heavy atom. The van der Waals surface area contributed by atoms with E-state index in [9.17, 15) is 4.79 Å². The highest BCUT2D eigenvalue weighted by Gasteiger charge is 2.32. The molecule has 29 heavy (non-hydrogen) atoms. The Labute approximate surface area is 176 Å². The molecule has 0 bridgehead atoms. The summed E-state index contributed by atoms with van der Waals surface area (Å²) in [7, 11) is 3.18. The number of benzene rings is 2. The summed E-state index contributed by atoms with van der Waals surface area (Å²) in [5, 5.41) is 9.69. The Kier molecular flexibility index (Phi) is 6.08. The van der Waals surface area contributed by atoms with Crippen molar-refractivity contribution in [3.05, 3.63) is 64.4 Å². The molecule has 0 aromatic heterocycles. The Balaban J connectivity index is 2.00. The summed E-state index contributed by atoms with van der Waals surface area (Å²) >= 11 is 5.34. The van der Waals surface area contributed by atoms with Crippen LogP contribution in [0.15, 0.2) is 47.7 Å². The number of rotatable bonds is 5. The van der Waals surface area contributed by atoms with Gasteiger partial charge in [-0.1, -0.05) is 6.07 Å². The van der Waals surface area contributed by atoms with Crippen LogP contribution in [0.2, 0.25) is 0 Å². The Hall–Kier alpha value is -3.06. The third kappa shape index (κ3) is 4.35. The van der Waals surface area contributed by atoms with Crippen LogP contribution < -0.4 is 25.4 Å².